The molecule has 2 aromatic carbocycles. The summed E-state index contributed by atoms with van der Waals surface area (Å²) < 4.78 is 13.6. The molecule has 1 atom stereocenters. The molecule has 2 heterocycles. The van der Waals surface area contributed by atoms with E-state index < -0.39 is 0 Å². The third-order valence-electron chi connectivity index (χ3n) is 6.12. The number of likely N-dealkylation sites (N-methyl/N-ethyl adjacent to an activating group) is 1. The van der Waals surface area contributed by atoms with Crippen molar-refractivity contribution < 1.29 is 9.18 Å². The van der Waals surface area contributed by atoms with Gasteiger partial charge in [0.25, 0.3) is 0 Å². The minimum absolute atomic E-state index is 0.0768. The second-order valence-electron chi connectivity index (χ2n) is 8.49. The minimum atomic E-state index is -0.384. The number of hydrogen-bond acceptors (Lipinski definition) is 4. The van der Waals surface area contributed by atoms with Gasteiger partial charge in [0.1, 0.15) is 11.6 Å². The molecular formula is C26H28ClFN4O. The number of amides is 1. The van der Waals surface area contributed by atoms with Gasteiger partial charge in [-0.05, 0) is 67.6 Å². The van der Waals surface area contributed by atoms with Crippen LogP contribution in [0.25, 0.3) is 0 Å². The second kappa shape index (κ2) is 10.3. The van der Waals surface area contributed by atoms with Crippen molar-refractivity contribution in [2.45, 2.75) is 19.4 Å². The molecule has 1 aliphatic rings. The zero-order valence-electron chi connectivity index (χ0n) is 18.9. The maximum Gasteiger partial charge on any atom is 0.234 e. The van der Waals surface area contributed by atoms with Crippen molar-refractivity contribution in [1.29, 1.82) is 0 Å². The smallest absolute Gasteiger partial charge is 0.234 e. The van der Waals surface area contributed by atoms with Crippen molar-refractivity contribution in [3.05, 3.63) is 88.8 Å². The Morgan fingerprint density at radius 1 is 1.03 bits per heavy atom. The third kappa shape index (κ3) is 5.70. The van der Waals surface area contributed by atoms with E-state index in [1.807, 2.05) is 37.4 Å². The number of hydrogen-bond donors (Lipinski definition) is 0. The Kier molecular flexibility index (Phi) is 7.26. The molecule has 1 amide bonds. The number of piperazine rings is 1. The van der Waals surface area contributed by atoms with Gasteiger partial charge in [0.05, 0.1) is 12.5 Å². The Morgan fingerprint density at radius 2 is 1.70 bits per heavy atom. The maximum absolute atomic E-state index is 13.6. The number of aromatic nitrogens is 1. The summed E-state index contributed by atoms with van der Waals surface area (Å²) in [7, 11) is 2.12. The van der Waals surface area contributed by atoms with E-state index >= 15 is 0 Å². The van der Waals surface area contributed by atoms with Gasteiger partial charge < -0.3 is 14.7 Å². The molecule has 7 heteroatoms. The lowest BCUT2D eigenvalue weighted by molar-refractivity contribution is -0.119. The largest absolute Gasteiger partial charge is 0.354 e. The zero-order chi connectivity index (χ0) is 23.4. The Morgan fingerprint density at radius 3 is 2.30 bits per heavy atom. The predicted molar refractivity (Wildman–Crippen MR) is 131 cm³/mol. The zero-order valence-corrected chi connectivity index (χ0v) is 19.7. The number of nitrogens with zero attached hydrogens (tertiary/aromatic N) is 4. The fraction of sp³-hybridized carbons (Fsp3) is 0.308. The molecule has 5 nitrogen and oxygen atoms in total. The lowest BCUT2D eigenvalue weighted by Gasteiger charge is -2.33. The lowest BCUT2D eigenvalue weighted by Crippen LogP contribution is -2.44. The van der Waals surface area contributed by atoms with Gasteiger partial charge in [-0.2, -0.15) is 0 Å². The first-order chi connectivity index (χ1) is 15.9. The maximum atomic E-state index is 13.6. The van der Waals surface area contributed by atoms with Crippen LogP contribution in [0.1, 0.15) is 24.0 Å². The van der Waals surface area contributed by atoms with Crippen LogP contribution < -0.4 is 9.80 Å². The van der Waals surface area contributed by atoms with Crippen LogP contribution in [0, 0.1) is 5.82 Å². The van der Waals surface area contributed by atoms with Crippen LogP contribution in [0.2, 0.25) is 5.02 Å². The number of carbonyl (C=O) groups is 1. The average Bonchev–Trinajstić information content (AvgIpc) is 2.84. The van der Waals surface area contributed by atoms with Gasteiger partial charge in [-0.3, -0.25) is 4.79 Å². The quantitative estimate of drug-likeness (QED) is 0.514. The van der Waals surface area contributed by atoms with Crippen LogP contribution in [-0.2, 0) is 11.3 Å². The predicted octanol–water partition coefficient (Wildman–Crippen LogP) is 4.96. The van der Waals surface area contributed by atoms with E-state index in [4.69, 9.17) is 11.6 Å². The highest BCUT2D eigenvalue weighted by molar-refractivity contribution is 6.30. The van der Waals surface area contributed by atoms with Gasteiger partial charge >= 0.3 is 0 Å². The van der Waals surface area contributed by atoms with Crippen molar-refractivity contribution in [3.8, 4) is 0 Å². The van der Waals surface area contributed by atoms with Crippen molar-refractivity contribution in [1.82, 2.24) is 9.88 Å². The first kappa shape index (κ1) is 23.2. The van der Waals surface area contributed by atoms with E-state index in [-0.39, 0.29) is 17.6 Å². The fourth-order valence-corrected chi connectivity index (χ4v) is 4.09. The van der Waals surface area contributed by atoms with Crippen molar-refractivity contribution in [2.24, 2.45) is 0 Å². The Balaban J connectivity index is 1.55. The Labute approximate surface area is 199 Å². The van der Waals surface area contributed by atoms with Crippen molar-refractivity contribution in [2.75, 3.05) is 43.0 Å². The summed E-state index contributed by atoms with van der Waals surface area (Å²) in [5, 5.41) is 0.625. The van der Waals surface area contributed by atoms with Crippen LogP contribution in [0.3, 0.4) is 0 Å². The molecule has 1 aliphatic heterocycles. The molecular weight excluding hydrogens is 439 g/mol. The number of rotatable bonds is 6. The molecule has 0 bridgehead atoms. The fourth-order valence-electron chi connectivity index (χ4n) is 3.96. The summed E-state index contributed by atoms with van der Waals surface area (Å²) in [5.74, 6) is 0.146. The molecule has 0 spiro atoms. The molecule has 172 valence electrons. The minimum Gasteiger partial charge on any atom is -0.354 e. The molecule has 33 heavy (non-hydrogen) atoms. The second-order valence-corrected chi connectivity index (χ2v) is 8.93. The topological polar surface area (TPSA) is 39.7 Å². The van der Waals surface area contributed by atoms with Gasteiger partial charge in [-0.15, -0.1) is 0 Å². The van der Waals surface area contributed by atoms with Crippen LogP contribution in [-0.4, -0.2) is 49.0 Å². The van der Waals surface area contributed by atoms with Crippen LogP contribution in [0.15, 0.2) is 66.9 Å². The highest BCUT2D eigenvalue weighted by Crippen LogP contribution is 2.26. The number of carbonyl (C=O) groups excluding carboxylic acids is 1. The molecule has 3 aromatic rings. The van der Waals surface area contributed by atoms with E-state index in [1.165, 1.54) is 12.1 Å². The van der Waals surface area contributed by atoms with Gasteiger partial charge in [0.2, 0.25) is 5.91 Å². The molecule has 1 saturated heterocycles. The van der Waals surface area contributed by atoms with E-state index in [0.29, 0.717) is 17.3 Å². The number of benzene rings is 2. The van der Waals surface area contributed by atoms with E-state index in [1.54, 1.807) is 29.2 Å². The molecule has 1 aromatic heterocycles. The highest BCUT2D eigenvalue weighted by Gasteiger charge is 2.24. The third-order valence-corrected chi connectivity index (χ3v) is 6.37. The first-order valence-electron chi connectivity index (χ1n) is 11.1. The Hall–Kier alpha value is -2.96. The summed E-state index contributed by atoms with van der Waals surface area (Å²) in [6, 6.07) is 17.3. The van der Waals surface area contributed by atoms with Crippen LogP contribution in [0.5, 0.6) is 0 Å². The van der Waals surface area contributed by atoms with Gasteiger partial charge in [-0.1, -0.05) is 29.8 Å². The van der Waals surface area contributed by atoms with E-state index in [9.17, 15) is 9.18 Å². The van der Waals surface area contributed by atoms with Crippen LogP contribution >= 0.6 is 11.6 Å². The standard InChI is InChI=1S/C26H28ClFN4O/c1-19(21-4-6-22(27)7-5-21)26(33)32(24-10-8-23(28)9-11-24)18-20-3-12-25(29-17-20)31-15-13-30(2)14-16-31/h3-12,17,19H,13-16,18H2,1-2H3. The number of halogens is 2. The summed E-state index contributed by atoms with van der Waals surface area (Å²) in [5.41, 5.74) is 2.43. The number of pyridine rings is 1. The average molecular weight is 467 g/mol. The van der Waals surface area contributed by atoms with E-state index in [0.717, 1.165) is 43.1 Å². The van der Waals surface area contributed by atoms with E-state index in [2.05, 4.69) is 21.8 Å². The van der Waals surface area contributed by atoms with Gasteiger partial charge in [-0.25, -0.2) is 9.37 Å². The monoisotopic (exact) mass is 466 g/mol. The van der Waals surface area contributed by atoms with Crippen LogP contribution in [0.4, 0.5) is 15.9 Å². The molecule has 4 rings (SSSR count). The summed E-state index contributed by atoms with van der Waals surface area (Å²) in [6.45, 7) is 6.14. The SMILES string of the molecule is CC(C(=O)N(Cc1ccc(N2CCN(C)CC2)nc1)c1ccc(F)cc1)c1ccc(Cl)cc1. The molecule has 1 unspecified atom stereocenters. The number of anilines is 2. The summed E-state index contributed by atoms with van der Waals surface area (Å²) in [4.78, 5) is 24.4. The molecule has 0 N–H and O–H groups in total. The van der Waals surface area contributed by atoms with Gasteiger partial charge in [0, 0.05) is 43.1 Å². The molecule has 0 saturated carbocycles. The lowest BCUT2D eigenvalue weighted by atomic mass is 9.99. The van der Waals surface area contributed by atoms with Crippen molar-refractivity contribution in [3.63, 3.8) is 0 Å². The van der Waals surface area contributed by atoms with Gasteiger partial charge in [0.15, 0.2) is 0 Å². The summed E-state index contributed by atoms with van der Waals surface area (Å²) in [6.07, 6.45) is 1.82. The summed E-state index contributed by atoms with van der Waals surface area (Å²) >= 11 is 6.01. The first-order valence-corrected chi connectivity index (χ1v) is 11.5. The molecule has 0 aliphatic carbocycles. The Bertz CT molecular complexity index is 1060. The van der Waals surface area contributed by atoms with Crippen molar-refractivity contribution >= 4 is 29.0 Å². The normalized spacial score (nSPS) is 15.3. The molecule has 1 fully saturated rings. The highest BCUT2D eigenvalue weighted by atomic mass is 35.5. The molecule has 0 radical (unpaired) electrons.